The second kappa shape index (κ2) is 7.96. The highest BCUT2D eigenvalue weighted by Crippen LogP contribution is 2.19. The van der Waals surface area contributed by atoms with Gasteiger partial charge in [0.05, 0.1) is 6.61 Å². The molecular weight excluding hydrogens is 363 g/mol. The number of ether oxygens (including phenoxy) is 1. The van der Waals surface area contributed by atoms with Crippen LogP contribution in [0.4, 0.5) is 13.2 Å². The molecule has 114 valence electrons. The van der Waals surface area contributed by atoms with E-state index in [0.717, 1.165) is 0 Å². The summed E-state index contributed by atoms with van der Waals surface area (Å²) in [6.07, 6.45) is 0.344. The van der Waals surface area contributed by atoms with Crippen LogP contribution in [0.1, 0.15) is 6.42 Å². The monoisotopic (exact) mass is 375 g/mol. The van der Waals surface area contributed by atoms with E-state index in [2.05, 4.69) is 15.9 Å². The summed E-state index contributed by atoms with van der Waals surface area (Å²) in [5, 5.41) is 0.657. The maximum Gasteiger partial charge on any atom is 0.246 e. The van der Waals surface area contributed by atoms with E-state index in [4.69, 9.17) is 4.74 Å². The largest absolute Gasteiger partial charge is 0.381 e. The maximum absolute atomic E-state index is 13.4. The van der Waals surface area contributed by atoms with Crippen molar-refractivity contribution in [2.45, 2.75) is 11.3 Å². The van der Waals surface area contributed by atoms with E-state index in [1.54, 1.807) is 0 Å². The lowest BCUT2D eigenvalue weighted by Crippen LogP contribution is -2.27. The van der Waals surface area contributed by atoms with E-state index < -0.39 is 32.4 Å². The molecule has 20 heavy (non-hydrogen) atoms. The molecule has 0 aliphatic rings. The molecule has 0 fully saturated rings. The Morgan fingerprint density at radius 3 is 2.30 bits per heavy atom. The first-order valence-corrected chi connectivity index (χ1v) is 8.27. The second-order valence-electron chi connectivity index (χ2n) is 3.75. The van der Waals surface area contributed by atoms with Crippen molar-refractivity contribution in [2.24, 2.45) is 0 Å². The smallest absolute Gasteiger partial charge is 0.246 e. The van der Waals surface area contributed by atoms with Crippen LogP contribution in [0, 0.1) is 17.5 Å². The van der Waals surface area contributed by atoms with Crippen LogP contribution < -0.4 is 4.72 Å². The van der Waals surface area contributed by atoms with Crippen molar-refractivity contribution in [3.63, 3.8) is 0 Å². The van der Waals surface area contributed by atoms with Gasteiger partial charge in [-0.25, -0.2) is 26.3 Å². The van der Waals surface area contributed by atoms with E-state index in [9.17, 15) is 21.6 Å². The van der Waals surface area contributed by atoms with Gasteiger partial charge in [-0.05, 0) is 6.42 Å². The van der Waals surface area contributed by atoms with Gasteiger partial charge in [0, 0.05) is 30.6 Å². The second-order valence-corrected chi connectivity index (χ2v) is 6.25. The van der Waals surface area contributed by atoms with Crippen molar-refractivity contribution in [3.05, 3.63) is 29.6 Å². The van der Waals surface area contributed by atoms with E-state index >= 15 is 0 Å². The van der Waals surface area contributed by atoms with Crippen LogP contribution in [-0.2, 0) is 14.8 Å². The summed E-state index contributed by atoms with van der Waals surface area (Å²) in [5.41, 5.74) is 0. The van der Waals surface area contributed by atoms with E-state index in [1.165, 1.54) is 0 Å². The molecular formula is C11H13BrF3NO3S. The zero-order valence-electron chi connectivity index (χ0n) is 10.3. The van der Waals surface area contributed by atoms with Crippen LogP contribution in [0.3, 0.4) is 0 Å². The topological polar surface area (TPSA) is 55.4 Å². The van der Waals surface area contributed by atoms with Crippen molar-refractivity contribution in [1.82, 2.24) is 4.72 Å². The Labute approximate surface area is 123 Å². The molecule has 0 amide bonds. The Morgan fingerprint density at radius 1 is 1.15 bits per heavy atom. The normalized spacial score (nSPS) is 11.8. The highest BCUT2D eigenvalue weighted by atomic mass is 79.9. The third-order valence-corrected chi connectivity index (χ3v) is 4.05. The molecule has 0 spiro atoms. The summed E-state index contributed by atoms with van der Waals surface area (Å²) in [6.45, 7) is 0.747. The Hall–Kier alpha value is -0.640. The van der Waals surface area contributed by atoms with Gasteiger partial charge in [0.1, 0.15) is 17.5 Å². The van der Waals surface area contributed by atoms with Gasteiger partial charge in [0.25, 0.3) is 0 Å². The summed E-state index contributed by atoms with van der Waals surface area (Å²) >= 11 is 3.15. The van der Waals surface area contributed by atoms with E-state index in [0.29, 0.717) is 37.1 Å². The molecule has 0 aromatic heterocycles. The average molecular weight is 376 g/mol. The summed E-state index contributed by atoms with van der Waals surface area (Å²) in [5.74, 6) is -4.11. The van der Waals surface area contributed by atoms with Gasteiger partial charge in [0.2, 0.25) is 10.0 Å². The summed E-state index contributed by atoms with van der Waals surface area (Å²) < 4.78 is 70.0. The molecule has 9 heteroatoms. The number of halogens is 4. The lowest BCUT2D eigenvalue weighted by Gasteiger charge is -2.09. The Balaban J connectivity index is 2.66. The fourth-order valence-electron chi connectivity index (χ4n) is 1.40. The highest BCUT2D eigenvalue weighted by molar-refractivity contribution is 9.09. The molecule has 0 aliphatic heterocycles. The van der Waals surface area contributed by atoms with Crippen LogP contribution >= 0.6 is 15.9 Å². The molecule has 1 rings (SSSR count). The van der Waals surface area contributed by atoms with Crippen LogP contribution in [-0.4, -0.2) is 33.5 Å². The maximum atomic E-state index is 13.4. The molecule has 0 atom stereocenters. The Bertz CT molecular complexity index is 531. The third-order valence-electron chi connectivity index (χ3n) is 2.21. The lowest BCUT2D eigenvalue weighted by atomic mass is 10.3. The minimum absolute atomic E-state index is 0.0408. The van der Waals surface area contributed by atoms with Crippen molar-refractivity contribution in [2.75, 3.05) is 25.1 Å². The third kappa shape index (κ3) is 5.04. The molecule has 0 bridgehead atoms. The van der Waals surface area contributed by atoms with Crippen LogP contribution in [0.25, 0.3) is 0 Å². The summed E-state index contributed by atoms with van der Waals surface area (Å²) in [6, 6.07) is 0.632. The Kier molecular flexibility index (Phi) is 6.93. The number of benzene rings is 1. The first-order chi connectivity index (χ1) is 9.38. The van der Waals surface area contributed by atoms with E-state index in [1.807, 2.05) is 4.72 Å². The lowest BCUT2D eigenvalue weighted by molar-refractivity contribution is 0.149. The molecule has 0 aliphatic carbocycles. The zero-order valence-corrected chi connectivity index (χ0v) is 12.7. The van der Waals surface area contributed by atoms with E-state index in [-0.39, 0.29) is 6.54 Å². The predicted molar refractivity (Wildman–Crippen MR) is 70.7 cm³/mol. The number of sulfonamides is 1. The van der Waals surface area contributed by atoms with Crippen molar-refractivity contribution >= 4 is 26.0 Å². The number of hydrogen-bond donors (Lipinski definition) is 1. The van der Waals surface area contributed by atoms with Gasteiger partial charge in [0.15, 0.2) is 4.90 Å². The predicted octanol–water partition coefficient (Wildman–Crippen LogP) is 2.18. The molecule has 0 unspecified atom stereocenters. The summed E-state index contributed by atoms with van der Waals surface area (Å²) in [7, 11) is -4.36. The molecule has 1 aromatic carbocycles. The van der Waals surface area contributed by atoms with Gasteiger partial charge in [-0.2, -0.15) is 0 Å². The first-order valence-electron chi connectivity index (χ1n) is 5.66. The van der Waals surface area contributed by atoms with Crippen LogP contribution in [0.2, 0.25) is 0 Å². The molecule has 0 radical (unpaired) electrons. The standard InChI is InChI=1S/C11H13BrF3NO3S/c12-2-5-19-4-1-3-16-20(17,18)11-9(14)6-8(13)7-10(11)15/h6-7,16H,1-5H2. The molecule has 0 saturated carbocycles. The van der Waals surface area contributed by atoms with Gasteiger partial charge in [-0.15, -0.1) is 0 Å². The molecule has 4 nitrogen and oxygen atoms in total. The number of hydrogen-bond acceptors (Lipinski definition) is 3. The molecule has 1 aromatic rings. The minimum atomic E-state index is -4.36. The van der Waals surface area contributed by atoms with Crippen molar-refractivity contribution in [1.29, 1.82) is 0 Å². The molecule has 0 heterocycles. The number of nitrogens with one attached hydrogen (secondary N) is 1. The molecule has 1 N–H and O–H groups in total. The average Bonchev–Trinajstić information content (AvgIpc) is 2.31. The SMILES string of the molecule is O=S(=O)(NCCCOCCBr)c1c(F)cc(F)cc1F. The van der Waals surface area contributed by atoms with Gasteiger partial charge < -0.3 is 4.74 Å². The summed E-state index contributed by atoms with van der Waals surface area (Å²) in [4.78, 5) is -1.18. The van der Waals surface area contributed by atoms with Crippen molar-refractivity contribution < 1.29 is 26.3 Å². The van der Waals surface area contributed by atoms with Gasteiger partial charge in [-0.3, -0.25) is 0 Å². The number of alkyl halides is 1. The highest BCUT2D eigenvalue weighted by Gasteiger charge is 2.24. The number of rotatable bonds is 8. The van der Waals surface area contributed by atoms with Crippen molar-refractivity contribution in [3.8, 4) is 0 Å². The fourth-order valence-corrected chi connectivity index (χ4v) is 2.81. The van der Waals surface area contributed by atoms with Gasteiger partial charge in [-0.1, -0.05) is 15.9 Å². The Morgan fingerprint density at radius 2 is 1.75 bits per heavy atom. The fraction of sp³-hybridized carbons (Fsp3) is 0.455. The quantitative estimate of drug-likeness (QED) is 0.559. The zero-order chi connectivity index (χ0) is 15.2. The van der Waals surface area contributed by atoms with Crippen LogP contribution in [0.5, 0.6) is 0 Å². The molecule has 0 saturated heterocycles. The van der Waals surface area contributed by atoms with Crippen LogP contribution in [0.15, 0.2) is 17.0 Å². The van der Waals surface area contributed by atoms with Gasteiger partial charge >= 0.3 is 0 Å². The first kappa shape index (κ1) is 17.4. The minimum Gasteiger partial charge on any atom is -0.381 e.